The molecule has 0 aliphatic carbocycles. The second-order valence-electron chi connectivity index (χ2n) is 7.68. The first-order valence-electron chi connectivity index (χ1n) is 8.37. The van der Waals surface area contributed by atoms with Gasteiger partial charge in [-0.3, -0.25) is 4.90 Å². The number of nitrogens with one attached hydrogen (secondary N) is 1. The van der Waals surface area contributed by atoms with Crippen LogP contribution in [-0.2, 0) is 11.2 Å². The highest BCUT2D eigenvalue weighted by Gasteiger charge is 2.37. The molecule has 0 spiro atoms. The van der Waals surface area contributed by atoms with Crippen molar-refractivity contribution in [3.63, 3.8) is 0 Å². The van der Waals surface area contributed by atoms with Gasteiger partial charge in [-0.15, -0.1) is 0 Å². The largest absolute Gasteiger partial charge is 0.444 e. The quantitative estimate of drug-likeness (QED) is 0.832. The van der Waals surface area contributed by atoms with E-state index in [-0.39, 0.29) is 12.1 Å². The number of amides is 1. The van der Waals surface area contributed by atoms with Gasteiger partial charge in [0.05, 0.1) is 6.04 Å². The molecule has 4 nitrogen and oxygen atoms in total. The normalized spacial score (nSPS) is 18.3. The lowest BCUT2D eigenvalue weighted by atomic mass is 9.91. The number of hydrogen-bond donors (Lipinski definition) is 1. The number of nitrogens with zero attached hydrogens (tertiary/aromatic N) is 1. The summed E-state index contributed by atoms with van der Waals surface area (Å²) in [6, 6.07) is 8.40. The van der Waals surface area contributed by atoms with E-state index in [9.17, 15) is 4.79 Å². The molecule has 1 aromatic heterocycles. The third kappa shape index (κ3) is 2.94. The van der Waals surface area contributed by atoms with Crippen LogP contribution in [0.4, 0.5) is 4.79 Å². The Labute approximate surface area is 137 Å². The molecule has 0 fully saturated rings. The van der Waals surface area contributed by atoms with Gasteiger partial charge >= 0.3 is 6.09 Å². The highest BCUT2D eigenvalue weighted by molar-refractivity contribution is 5.85. The lowest BCUT2D eigenvalue weighted by molar-refractivity contribution is 0.00832. The zero-order valence-electron chi connectivity index (χ0n) is 14.6. The van der Waals surface area contributed by atoms with Crippen LogP contribution in [0.2, 0.25) is 0 Å². The molecule has 2 heterocycles. The Morgan fingerprint density at radius 1 is 1.30 bits per heavy atom. The molecule has 1 aromatic carbocycles. The maximum absolute atomic E-state index is 12.6. The lowest BCUT2D eigenvalue weighted by Gasteiger charge is -2.38. The average molecular weight is 314 g/mol. The predicted molar refractivity (Wildman–Crippen MR) is 92.5 cm³/mol. The minimum Gasteiger partial charge on any atom is -0.444 e. The minimum atomic E-state index is -0.473. The van der Waals surface area contributed by atoms with Gasteiger partial charge < -0.3 is 9.72 Å². The van der Waals surface area contributed by atoms with Crippen molar-refractivity contribution in [3.8, 4) is 0 Å². The van der Waals surface area contributed by atoms with Crippen LogP contribution in [0.25, 0.3) is 10.9 Å². The van der Waals surface area contributed by atoms with Crippen LogP contribution >= 0.6 is 0 Å². The van der Waals surface area contributed by atoms with Crippen LogP contribution < -0.4 is 0 Å². The second kappa shape index (κ2) is 5.59. The van der Waals surface area contributed by atoms with E-state index in [1.165, 1.54) is 16.6 Å². The Kier molecular flexibility index (Phi) is 3.86. The number of hydrogen-bond acceptors (Lipinski definition) is 2. The van der Waals surface area contributed by atoms with E-state index in [1.807, 2.05) is 31.7 Å². The van der Waals surface area contributed by atoms with Gasteiger partial charge in [0, 0.05) is 23.1 Å². The van der Waals surface area contributed by atoms with Gasteiger partial charge in [-0.2, -0.15) is 0 Å². The Bertz CT molecular complexity index is 725. The number of fused-ring (bicyclic) bond motifs is 3. The molecule has 4 heteroatoms. The van der Waals surface area contributed by atoms with E-state index < -0.39 is 5.60 Å². The van der Waals surface area contributed by atoms with Crippen LogP contribution in [-0.4, -0.2) is 28.1 Å². The molecule has 0 bridgehead atoms. The fraction of sp³-hybridized carbons (Fsp3) is 0.526. The third-order valence-corrected chi connectivity index (χ3v) is 4.34. The summed E-state index contributed by atoms with van der Waals surface area (Å²) in [6.45, 7) is 10.7. The van der Waals surface area contributed by atoms with Crippen LogP contribution in [0.5, 0.6) is 0 Å². The van der Waals surface area contributed by atoms with E-state index in [4.69, 9.17) is 4.74 Å². The summed E-state index contributed by atoms with van der Waals surface area (Å²) in [5, 5.41) is 1.27. The number of carbonyl (C=O) groups excluding carboxylic acids is 1. The van der Waals surface area contributed by atoms with Gasteiger partial charge in [-0.1, -0.05) is 32.0 Å². The van der Waals surface area contributed by atoms with Gasteiger partial charge in [-0.25, -0.2) is 4.79 Å². The first-order valence-corrected chi connectivity index (χ1v) is 8.37. The van der Waals surface area contributed by atoms with Crippen LogP contribution in [0, 0.1) is 5.92 Å². The van der Waals surface area contributed by atoms with Gasteiger partial charge in [0.15, 0.2) is 0 Å². The number of aromatic amines is 1. The van der Waals surface area contributed by atoms with Crippen molar-refractivity contribution in [1.82, 2.24) is 9.88 Å². The summed E-state index contributed by atoms with van der Waals surface area (Å²) in [5.74, 6) is 0.314. The second-order valence-corrected chi connectivity index (χ2v) is 7.68. The van der Waals surface area contributed by atoms with Gasteiger partial charge in [-0.05, 0) is 44.7 Å². The van der Waals surface area contributed by atoms with E-state index in [0.29, 0.717) is 12.5 Å². The summed E-state index contributed by atoms with van der Waals surface area (Å²) in [4.78, 5) is 18.1. The van der Waals surface area contributed by atoms with Gasteiger partial charge in [0.2, 0.25) is 0 Å². The van der Waals surface area contributed by atoms with E-state index >= 15 is 0 Å². The molecule has 0 saturated heterocycles. The van der Waals surface area contributed by atoms with E-state index in [1.54, 1.807) is 0 Å². The smallest absolute Gasteiger partial charge is 0.410 e. The molecular weight excluding hydrogens is 288 g/mol. The summed E-state index contributed by atoms with van der Waals surface area (Å²) >= 11 is 0. The van der Waals surface area contributed by atoms with E-state index in [0.717, 1.165) is 11.9 Å². The Morgan fingerprint density at radius 2 is 2.00 bits per heavy atom. The molecular formula is C19H26N2O2. The molecule has 1 amide bonds. The Morgan fingerprint density at radius 3 is 2.65 bits per heavy atom. The van der Waals surface area contributed by atoms with Crippen molar-refractivity contribution in [1.29, 1.82) is 0 Å². The standard InChI is InChI=1S/C19H26N2O2/c1-12(2)17-16-14(13-8-6-7-9-15(13)20-16)10-11-21(17)18(22)23-19(3,4)5/h6-9,12,17,20H,10-11H2,1-5H3/t17-/m1/s1. The molecule has 0 unspecified atom stereocenters. The van der Waals surface area contributed by atoms with Crippen LogP contribution in [0.15, 0.2) is 24.3 Å². The first kappa shape index (κ1) is 15.9. The summed E-state index contributed by atoms with van der Waals surface area (Å²) < 4.78 is 5.62. The number of benzene rings is 1. The van der Waals surface area contributed by atoms with Gasteiger partial charge in [0.25, 0.3) is 0 Å². The van der Waals surface area contributed by atoms with Gasteiger partial charge in [0.1, 0.15) is 5.60 Å². The first-order chi connectivity index (χ1) is 10.8. The van der Waals surface area contributed by atoms with Crippen LogP contribution in [0.1, 0.15) is 51.9 Å². The number of H-pyrrole nitrogens is 1. The lowest BCUT2D eigenvalue weighted by Crippen LogP contribution is -2.44. The Hall–Kier alpha value is -1.97. The average Bonchev–Trinajstić information content (AvgIpc) is 2.82. The van der Waals surface area contributed by atoms with Crippen molar-refractivity contribution in [2.75, 3.05) is 6.54 Å². The third-order valence-electron chi connectivity index (χ3n) is 4.34. The molecule has 1 N–H and O–H groups in total. The van der Waals surface area contributed by atoms with E-state index in [2.05, 4.69) is 37.0 Å². The maximum atomic E-state index is 12.6. The van der Waals surface area contributed by atoms with Crippen molar-refractivity contribution >= 4 is 17.0 Å². The van der Waals surface area contributed by atoms with Crippen molar-refractivity contribution in [2.45, 2.75) is 52.7 Å². The number of aromatic nitrogens is 1. The Balaban J connectivity index is 2.01. The molecule has 0 saturated carbocycles. The molecule has 3 rings (SSSR count). The molecule has 1 aliphatic heterocycles. The molecule has 23 heavy (non-hydrogen) atoms. The highest BCUT2D eigenvalue weighted by Crippen LogP contribution is 2.38. The SMILES string of the molecule is CC(C)[C@@H]1c2[nH]c3ccccc3c2CCN1C(=O)OC(C)(C)C. The number of rotatable bonds is 1. The van der Waals surface area contributed by atoms with Crippen molar-refractivity contribution < 1.29 is 9.53 Å². The summed E-state index contributed by atoms with van der Waals surface area (Å²) in [5.41, 5.74) is 3.19. The summed E-state index contributed by atoms with van der Waals surface area (Å²) in [6.07, 6.45) is 0.641. The maximum Gasteiger partial charge on any atom is 0.410 e. The molecule has 1 atom stereocenters. The molecule has 1 aliphatic rings. The topological polar surface area (TPSA) is 45.3 Å². The predicted octanol–water partition coefficient (Wildman–Crippen LogP) is 4.66. The fourth-order valence-corrected chi connectivity index (χ4v) is 3.49. The highest BCUT2D eigenvalue weighted by atomic mass is 16.6. The fourth-order valence-electron chi connectivity index (χ4n) is 3.49. The minimum absolute atomic E-state index is 0.0287. The zero-order chi connectivity index (χ0) is 16.8. The zero-order valence-corrected chi connectivity index (χ0v) is 14.6. The van der Waals surface area contributed by atoms with Crippen molar-refractivity contribution in [3.05, 3.63) is 35.5 Å². The molecule has 124 valence electrons. The van der Waals surface area contributed by atoms with Crippen LogP contribution in [0.3, 0.4) is 0 Å². The monoisotopic (exact) mass is 314 g/mol. The molecule has 2 aromatic rings. The number of carbonyl (C=O) groups is 1. The summed E-state index contributed by atoms with van der Waals surface area (Å²) in [7, 11) is 0. The van der Waals surface area contributed by atoms with Crippen molar-refractivity contribution in [2.24, 2.45) is 5.92 Å². The molecule has 0 radical (unpaired) electrons. The number of para-hydroxylation sites is 1. The number of ether oxygens (including phenoxy) is 1.